The molecule has 0 amide bonds. The van der Waals surface area contributed by atoms with Crippen molar-refractivity contribution in [2.45, 2.75) is 75.4 Å². The Bertz CT molecular complexity index is 781. The number of nitrogens with zero attached hydrogens (tertiary/aromatic N) is 1. The van der Waals surface area contributed by atoms with Gasteiger partial charge in [-0.15, -0.1) is 11.8 Å². The number of rotatable bonds is 10. The molecule has 178 valence electrons. The highest BCUT2D eigenvalue weighted by molar-refractivity contribution is 8.00. The fourth-order valence-electron chi connectivity index (χ4n) is 4.11. The van der Waals surface area contributed by atoms with Gasteiger partial charge in [-0.05, 0) is 38.8 Å². The molecule has 8 nitrogen and oxygen atoms in total. The van der Waals surface area contributed by atoms with Crippen LogP contribution in [-0.4, -0.2) is 54.1 Å². The van der Waals surface area contributed by atoms with E-state index in [4.69, 9.17) is 14.2 Å². The summed E-state index contributed by atoms with van der Waals surface area (Å²) in [5.74, 6) is -3.12. The van der Waals surface area contributed by atoms with E-state index < -0.39 is 46.1 Å². The maximum Gasteiger partial charge on any atom is 0.318 e. The first-order valence-corrected chi connectivity index (χ1v) is 11.9. The van der Waals surface area contributed by atoms with Gasteiger partial charge in [-0.2, -0.15) is 0 Å². The lowest BCUT2D eigenvalue weighted by Crippen LogP contribution is -2.58. The highest BCUT2D eigenvalue weighted by Gasteiger charge is 2.57. The molecular formula is C23H33NO7S. The summed E-state index contributed by atoms with van der Waals surface area (Å²) < 4.78 is 16.6. The van der Waals surface area contributed by atoms with E-state index in [1.807, 2.05) is 45.0 Å². The highest BCUT2D eigenvalue weighted by Crippen LogP contribution is 2.44. The zero-order valence-corrected chi connectivity index (χ0v) is 20.1. The number of carbonyl (C=O) groups is 2. The van der Waals surface area contributed by atoms with Crippen molar-refractivity contribution >= 4 is 23.7 Å². The molecule has 0 aromatic heterocycles. The van der Waals surface area contributed by atoms with Gasteiger partial charge in [0, 0.05) is 16.2 Å². The van der Waals surface area contributed by atoms with Crippen LogP contribution in [-0.2, 0) is 23.8 Å². The maximum absolute atomic E-state index is 12.9. The summed E-state index contributed by atoms with van der Waals surface area (Å²) in [6, 6.07) is 6.48. The molecule has 32 heavy (non-hydrogen) atoms. The van der Waals surface area contributed by atoms with E-state index in [1.54, 1.807) is 6.92 Å². The first kappa shape index (κ1) is 26.1. The molecule has 0 bridgehead atoms. The SMILES string of the molecule is CCOC(=O)[C@H]1[C@H](OC(CC)CC)[C@H](Sc2ccc(C)cc2)[C@H](C(=O)OC)C[C@@H]1[N+](=O)[O-]. The van der Waals surface area contributed by atoms with Gasteiger partial charge >= 0.3 is 11.9 Å². The predicted molar refractivity (Wildman–Crippen MR) is 121 cm³/mol. The van der Waals surface area contributed by atoms with Crippen LogP contribution >= 0.6 is 11.8 Å². The number of hydrogen-bond acceptors (Lipinski definition) is 8. The Balaban J connectivity index is 2.57. The molecule has 9 heteroatoms. The number of esters is 2. The molecule has 1 aliphatic rings. The summed E-state index contributed by atoms with van der Waals surface area (Å²) in [6.45, 7) is 7.66. The average molecular weight is 468 g/mol. The van der Waals surface area contributed by atoms with Gasteiger partial charge in [0.15, 0.2) is 5.92 Å². The largest absolute Gasteiger partial charge is 0.469 e. The third-order valence-corrected chi connectivity index (χ3v) is 7.28. The molecule has 0 aliphatic heterocycles. The van der Waals surface area contributed by atoms with Crippen LogP contribution in [0.15, 0.2) is 29.2 Å². The van der Waals surface area contributed by atoms with Crippen molar-refractivity contribution in [1.29, 1.82) is 0 Å². The molecule has 1 aromatic carbocycles. The van der Waals surface area contributed by atoms with E-state index >= 15 is 0 Å². The van der Waals surface area contributed by atoms with Gasteiger partial charge in [-0.1, -0.05) is 31.5 Å². The second kappa shape index (κ2) is 12.2. The first-order valence-electron chi connectivity index (χ1n) is 11.0. The van der Waals surface area contributed by atoms with Crippen molar-refractivity contribution in [3.05, 3.63) is 39.9 Å². The van der Waals surface area contributed by atoms with Crippen molar-refractivity contribution in [3.8, 4) is 0 Å². The van der Waals surface area contributed by atoms with Crippen molar-refractivity contribution < 1.29 is 28.7 Å². The molecule has 0 unspecified atom stereocenters. The van der Waals surface area contributed by atoms with E-state index in [-0.39, 0.29) is 19.1 Å². The van der Waals surface area contributed by atoms with E-state index in [0.29, 0.717) is 12.8 Å². The van der Waals surface area contributed by atoms with Gasteiger partial charge in [0.2, 0.25) is 6.04 Å². The standard InChI is InChI=1S/C23H33NO7S/c1-6-15(7-2)31-20-19(23(26)30-8-3)18(24(27)28)13-17(22(25)29-5)21(20)32-16-11-9-14(4)10-12-16/h9-12,15,17-21H,6-8,13H2,1-5H3/t17-,18+,19-,20+,21-/m1/s1. The summed E-state index contributed by atoms with van der Waals surface area (Å²) >= 11 is 1.39. The molecule has 0 spiro atoms. The molecule has 1 aromatic rings. The van der Waals surface area contributed by atoms with Crippen molar-refractivity contribution in [1.82, 2.24) is 0 Å². The summed E-state index contributed by atoms with van der Waals surface area (Å²) in [4.78, 5) is 38.0. The van der Waals surface area contributed by atoms with Gasteiger partial charge < -0.3 is 14.2 Å². The number of methoxy groups -OCH3 is 1. The minimum Gasteiger partial charge on any atom is -0.469 e. The third-order valence-electron chi connectivity index (χ3n) is 5.87. The number of aryl methyl sites for hydroxylation is 1. The highest BCUT2D eigenvalue weighted by atomic mass is 32.2. The monoisotopic (exact) mass is 467 g/mol. The second-order valence-electron chi connectivity index (χ2n) is 7.93. The Morgan fingerprint density at radius 1 is 1.16 bits per heavy atom. The zero-order chi connectivity index (χ0) is 23.8. The fraction of sp³-hybridized carbons (Fsp3) is 0.652. The van der Waals surface area contributed by atoms with Crippen LogP contribution in [0.1, 0.15) is 45.6 Å². The number of carbonyl (C=O) groups excluding carboxylic acids is 2. The minimum absolute atomic E-state index is 0.105. The molecule has 0 saturated heterocycles. The van der Waals surface area contributed by atoms with Gasteiger partial charge in [-0.25, -0.2) is 0 Å². The van der Waals surface area contributed by atoms with Gasteiger partial charge in [0.25, 0.3) is 0 Å². The van der Waals surface area contributed by atoms with E-state index in [1.165, 1.54) is 18.9 Å². The van der Waals surface area contributed by atoms with Crippen LogP contribution in [0, 0.1) is 28.9 Å². The van der Waals surface area contributed by atoms with Gasteiger partial charge in [0.05, 0.1) is 37.1 Å². The smallest absolute Gasteiger partial charge is 0.318 e. The third kappa shape index (κ3) is 6.22. The molecular weight excluding hydrogens is 434 g/mol. The summed E-state index contributed by atoms with van der Waals surface area (Å²) in [5.41, 5.74) is 1.09. The molecule has 1 fully saturated rings. The Kier molecular flexibility index (Phi) is 9.96. The molecule has 1 aliphatic carbocycles. The molecule has 2 rings (SSSR count). The van der Waals surface area contributed by atoms with Gasteiger partial charge in [-0.3, -0.25) is 19.7 Å². The Morgan fingerprint density at radius 3 is 2.28 bits per heavy atom. The van der Waals surface area contributed by atoms with Crippen LogP contribution in [0.4, 0.5) is 0 Å². The van der Waals surface area contributed by atoms with Crippen molar-refractivity contribution in [3.63, 3.8) is 0 Å². The molecule has 1 saturated carbocycles. The van der Waals surface area contributed by atoms with E-state index in [9.17, 15) is 19.7 Å². The maximum atomic E-state index is 12.9. The number of benzene rings is 1. The van der Waals surface area contributed by atoms with Crippen LogP contribution < -0.4 is 0 Å². The van der Waals surface area contributed by atoms with E-state index in [0.717, 1.165) is 10.5 Å². The number of ether oxygens (including phenoxy) is 3. The Labute approximate surface area is 193 Å². The fourth-order valence-corrected chi connectivity index (χ4v) is 5.47. The lowest BCUT2D eigenvalue weighted by Gasteiger charge is -2.42. The van der Waals surface area contributed by atoms with Crippen LogP contribution in [0.25, 0.3) is 0 Å². The van der Waals surface area contributed by atoms with Crippen molar-refractivity contribution in [2.75, 3.05) is 13.7 Å². The Hall–Kier alpha value is -2.13. The van der Waals surface area contributed by atoms with Crippen LogP contribution in [0.5, 0.6) is 0 Å². The van der Waals surface area contributed by atoms with Crippen molar-refractivity contribution in [2.24, 2.45) is 11.8 Å². The predicted octanol–water partition coefficient (Wildman–Crippen LogP) is 4.05. The first-order chi connectivity index (χ1) is 15.3. The molecule has 0 heterocycles. The normalized spacial score (nSPS) is 25.4. The number of nitro groups is 1. The number of hydrogen-bond donors (Lipinski definition) is 0. The summed E-state index contributed by atoms with van der Waals surface area (Å²) in [6.07, 6.45) is 0.156. The molecule has 0 N–H and O–H groups in total. The van der Waals surface area contributed by atoms with Crippen LogP contribution in [0.2, 0.25) is 0 Å². The lowest BCUT2D eigenvalue weighted by molar-refractivity contribution is -0.537. The molecule has 5 atom stereocenters. The lowest BCUT2D eigenvalue weighted by atomic mass is 9.75. The van der Waals surface area contributed by atoms with Gasteiger partial charge in [0.1, 0.15) is 0 Å². The van der Waals surface area contributed by atoms with Crippen LogP contribution in [0.3, 0.4) is 0 Å². The number of thioether (sulfide) groups is 1. The summed E-state index contributed by atoms with van der Waals surface area (Å²) in [7, 11) is 1.27. The quantitative estimate of drug-likeness (QED) is 0.288. The molecule has 0 radical (unpaired) electrons. The zero-order valence-electron chi connectivity index (χ0n) is 19.3. The van der Waals surface area contributed by atoms with E-state index in [2.05, 4.69) is 0 Å². The topological polar surface area (TPSA) is 105 Å². The second-order valence-corrected chi connectivity index (χ2v) is 9.18. The summed E-state index contributed by atoms with van der Waals surface area (Å²) in [5, 5.41) is 11.4. The minimum atomic E-state index is -1.30. The average Bonchev–Trinajstić information content (AvgIpc) is 2.78. The Morgan fingerprint density at radius 2 is 1.78 bits per heavy atom.